The second-order valence-corrected chi connectivity index (χ2v) is 5.53. The average molecular weight is 267 g/mol. The maximum absolute atomic E-state index is 12.4. The third-order valence-corrected chi connectivity index (χ3v) is 3.61. The van der Waals surface area contributed by atoms with Crippen LogP contribution in [0.25, 0.3) is 0 Å². The van der Waals surface area contributed by atoms with Gasteiger partial charge in [0.2, 0.25) is 5.91 Å². The molecule has 0 aromatic rings. The first-order valence-corrected chi connectivity index (χ1v) is 6.14. The number of hydrogen-bond donors (Lipinski definition) is 1. The normalized spacial score (nSPS) is 23.1. The van der Waals surface area contributed by atoms with Gasteiger partial charge < -0.3 is 10.0 Å². The summed E-state index contributed by atoms with van der Waals surface area (Å²) in [5.41, 5.74) is -0.254. The summed E-state index contributed by atoms with van der Waals surface area (Å²) >= 11 is 0. The van der Waals surface area contributed by atoms with Crippen molar-refractivity contribution >= 4 is 5.91 Å². The predicted molar refractivity (Wildman–Crippen MR) is 60.8 cm³/mol. The number of aliphatic hydroxyl groups excluding tert-OH is 1. The Bertz CT molecular complexity index is 302. The zero-order valence-corrected chi connectivity index (χ0v) is 10.8. The van der Waals surface area contributed by atoms with Gasteiger partial charge in [0, 0.05) is 12.5 Å². The zero-order chi connectivity index (χ0) is 14.0. The Hall–Kier alpha value is -0.780. The second-order valence-electron chi connectivity index (χ2n) is 5.53. The highest BCUT2D eigenvalue weighted by Gasteiger charge is 2.43. The molecule has 1 fully saturated rings. The van der Waals surface area contributed by atoms with Gasteiger partial charge in [0.15, 0.2) is 0 Å². The smallest absolute Gasteiger partial charge is 0.395 e. The van der Waals surface area contributed by atoms with E-state index in [-0.39, 0.29) is 17.9 Å². The van der Waals surface area contributed by atoms with E-state index in [1.807, 2.05) is 13.8 Å². The van der Waals surface area contributed by atoms with E-state index in [1.165, 1.54) is 0 Å². The Morgan fingerprint density at radius 2 is 2.06 bits per heavy atom. The van der Waals surface area contributed by atoms with Crippen LogP contribution in [-0.4, -0.2) is 41.8 Å². The summed E-state index contributed by atoms with van der Waals surface area (Å²) < 4.78 is 37.2. The van der Waals surface area contributed by atoms with E-state index in [0.29, 0.717) is 6.42 Å². The molecule has 0 aromatic carbocycles. The molecule has 1 atom stereocenters. The van der Waals surface area contributed by atoms with Crippen molar-refractivity contribution in [3.05, 3.63) is 0 Å². The predicted octanol–water partition coefficient (Wildman–Crippen LogP) is 2.20. The van der Waals surface area contributed by atoms with Gasteiger partial charge in [-0.25, -0.2) is 0 Å². The molecule has 1 aliphatic rings. The van der Waals surface area contributed by atoms with E-state index in [2.05, 4.69) is 0 Å². The number of hydrogen-bond acceptors (Lipinski definition) is 2. The van der Waals surface area contributed by atoms with Crippen LogP contribution in [0.2, 0.25) is 0 Å². The summed E-state index contributed by atoms with van der Waals surface area (Å²) in [6.45, 7) is 1.83. The molecule has 0 heterocycles. The standard InChI is InChI=1S/C12H20F3NO2/c1-11(2)5-3-4-9(11)10(18)16(6-7-17)8-12(13,14)15/h9,17H,3-8H2,1-2H3. The molecular weight excluding hydrogens is 247 g/mol. The molecule has 0 saturated heterocycles. The molecular formula is C12H20F3NO2. The van der Waals surface area contributed by atoms with Gasteiger partial charge in [0.1, 0.15) is 6.54 Å². The van der Waals surface area contributed by atoms with Crippen molar-refractivity contribution in [3.8, 4) is 0 Å². The second kappa shape index (κ2) is 5.47. The van der Waals surface area contributed by atoms with E-state index in [4.69, 9.17) is 5.11 Å². The van der Waals surface area contributed by atoms with Crippen LogP contribution in [0.5, 0.6) is 0 Å². The van der Waals surface area contributed by atoms with Gasteiger partial charge in [0.25, 0.3) is 0 Å². The zero-order valence-electron chi connectivity index (χ0n) is 10.8. The fraction of sp³-hybridized carbons (Fsp3) is 0.917. The van der Waals surface area contributed by atoms with Crippen molar-refractivity contribution in [2.45, 2.75) is 39.3 Å². The minimum Gasteiger partial charge on any atom is -0.395 e. The van der Waals surface area contributed by atoms with Crippen LogP contribution in [0.3, 0.4) is 0 Å². The third kappa shape index (κ3) is 3.86. The number of rotatable bonds is 4. The first-order chi connectivity index (χ1) is 8.17. The molecule has 1 aliphatic carbocycles. The van der Waals surface area contributed by atoms with E-state index in [0.717, 1.165) is 17.7 Å². The van der Waals surface area contributed by atoms with E-state index < -0.39 is 25.2 Å². The quantitative estimate of drug-likeness (QED) is 0.848. The SMILES string of the molecule is CC1(C)CCCC1C(=O)N(CCO)CC(F)(F)F. The average Bonchev–Trinajstić information content (AvgIpc) is 2.54. The Kier molecular flexibility index (Phi) is 4.64. The Balaban J connectivity index is 2.76. The molecule has 0 radical (unpaired) electrons. The molecule has 106 valence electrons. The lowest BCUT2D eigenvalue weighted by molar-refractivity contribution is -0.166. The van der Waals surface area contributed by atoms with E-state index >= 15 is 0 Å². The minimum absolute atomic E-state index is 0.254. The fourth-order valence-electron chi connectivity index (χ4n) is 2.61. The van der Waals surface area contributed by atoms with Crippen molar-refractivity contribution in [2.75, 3.05) is 19.7 Å². The van der Waals surface area contributed by atoms with Crippen LogP contribution in [-0.2, 0) is 4.79 Å². The third-order valence-electron chi connectivity index (χ3n) is 3.61. The Morgan fingerprint density at radius 3 is 2.44 bits per heavy atom. The van der Waals surface area contributed by atoms with Crippen LogP contribution >= 0.6 is 0 Å². The highest BCUT2D eigenvalue weighted by molar-refractivity contribution is 5.80. The van der Waals surface area contributed by atoms with Crippen molar-refractivity contribution < 1.29 is 23.1 Å². The van der Waals surface area contributed by atoms with Crippen molar-refractivity contribution in [1.82, 2.24) is 4.90 Å². The monoisotopic (exact) mass is 267 g/mol. The van der Waals surface area contributed by atoms with Crippen molar-refractivity contribution in [3.63, 3.8) is 0 Å². The molecule has 6 heteroatoms. The molecule has 0 spiro atoms. The number of halogens is 3. The lowest BCUT2D eigenvalue weighted by Gasteiger charge is -2.32. The van der Waals surface area contributed by atoms with Gasteiger partial charge in [-0.05, 0) is 18.3 Å². The van der Waals surface area contributed by atoms with Gasteiger partial charge in [-0.2, -0.15) is 13.2 Å². The van der Waals surface area contributed by atoms with Gasteiger partial charge >= 0.3 is 6.18 Å². The lowest BCUT2D eigenvalue weighted by atomic mass is 9.81. The number of amides is 1. The highest BCUT2D eigenvalue weighted by atomic mass is 19.4. The summed E-state index contributed by atoms with van der Waals surface area (Å²) in [5.74, 6) is -0.852. The van der Waals surface area contributed by atoms with Crippen LogP contribution in [0.1, 0.15) is 33.1 Å². The maximum atomic E-state index is 12.4. The molecule has 1 saturated carbocycles. The molecule has 3 nitrogen and oxygen atoms in total. The molecule has 18 heavy (non-hydrogen) atoms. The first kappa shape index (κ1) is 15.3. The molecule has 0 aromatic heterocycles. The minimum atomic E-state index is -4.42. The van der Waals surface area contributed by atoms with Crippen LogP contribution in [0.15, 0.2) is 0 Å². The number of alkyl halides is 3. The van der Waals surface area contributed by atoms with Crippen LogP contribution < -0.4 is 0 Å². The summed E-state index contributed by atoms with van der Waals surface area (Å²) in [6, 6.07) is 0. The number of carbonyl (C=O) groups excluding carboxylic acids is 1. The molecule has 0 aliphatic heterocycles. The Morgan fingerprint density at radius 1 is 1.44 bits per heavy atom. The van der Waals surface area contributed by atoms with E-state index in [1.54, 1.807) is 0 Å². The van der Waals surface area contributed by atoms with E-state index in [9.17, 15) is 18.0 Å². The topological polar surface area (TPSA) is 40.5 Å². The summed E-state index contributed by atoms with van der Waals surface area (Å²) in [6.07, 6.45) is -2.08. The largest absolute Gasteiger partial charge is 0.406 e. The summed E-state index contributed by atoms with van der Waals surface area (Å²) in [4.78, 5) is 12.9. The molecule has 1 amide bonds. The fourth-order valence-corrected chi connectivity index (χ4v) is 2.61. The molecule has 1 unspecified atom stereocenters. The van der Waals surface area contributed by atoms with Crippen molar-refractivity contribution in [1.29, 1.82) is 0 Å². The Labute approximate surface area is 105 Å². The van der Waals surface area contributed by atoms with Crippen LogP contribution in [0, 0.1) is 11.3 Å². The molecule has 1 rings (SSSR count). The van der Waals surface area contributed by atoms with Crippen molar-refractivity contribution in [2.24, 2.45) is 11.3 Å². The summed E-state index contributed by atoms with van der Waals surface area (Å²) in [7, 11) is 0. The maximum Gasteiger partial charge on any atom is 0.406 e. The number of nitrogens with zero attached hydrogens (tertiary/aromatic N) is 1. The van der Waals surface area contributed by atoms with Gasteiger partial charge in [0.05, 0.1) is 6.61 Å². The molecule has 1 N–H and O–H groups in total. The molecule has 0 bridgehead atoms. The van der Waals surface area contributed by atoms with Gasteiger partial charge in [-0.15, -0.1) is 0 Å². The summed E-state index contributed by atoms with van der Waals surface area (Å²) in [5, 5.41) is 8.79. The van der Waals surface area contributed by atoms with Gasteiger partial charge in [-0.1, -0.05) is 20.3 Å². The van der Waals surface area contributed by atoms with Gasteiger partial charge in [-0.3, -0.25) is 4.79 Å². The lowest BCUT2D eigenvalue weighted by Crippen LogP contribution is -2.45. The highest BCUT2D eigenvalue weighted by Crippen LogP contribution is 2.43. The van der Waals surface area contributed by atoms with Crippen LogP contribution in [0.4, 0.5) is 13.2 Å². The number of aliphatic hydroxyl groups is 1. The number of carbonyl (C=O) groups is 1. The first-order valence-electron chi connectivity index (χ1n) is 6.14.